The topological polar surface area (TPSA) is 82.7 Å². The molecule has 5 rings (SSSR count). The van der Waals surface area contributed by atoms with E-state index in [-0.39, 0.29) is 5.91 Å². The molecule has 0 atom stereocenters. The molecule has 2 aromatic heterocycles. The molecule has 3 aromatic carbocycles. The predicted molar refractivity (Wildman–Crippen MR) is 134 cm³/mol. The smallest absolute Gasteiger partial charge is 0.255 e. The summed E-state index contributed by atoms with van der Waals surface area (Å²) in [6, 6.07) is 21.6. The number of rotatable bonds is 5. The number of hydrogen-bond acceptors (Lipinski definition) is 4. The van der Waals surface area contributed by atoms with Crippen molar-refractivity contribution in [1.82, 2.24) is 15.0 Å². The van der Waals surface area contributed by atoms with Crippen LogP contribution in [0.2, 0.25) is 0 Å². The van der Waals surface area contributed by atoms with Gasteiger partial charge in [-0.3, -0.25) is 4.79 Å². The second-order valence-corrected chi connectivity index (χ2v) is 8.21. The van der Waals surface area contributed by atoms with Gasteiger partial charge in [0, 0.05) is 50.1 Å². The Balaban J connectivity index is 1.34. The molecule has 0 aliphatic carbocycles. The fraction of sp³-hybridized carbons (Fsp3) is 0.148. The summed E-state index contributed by atoms with van der Waals surface area (Å²) in [5.74, 6) is 0.386. The van der Waals surface area contributed by atoms with Crippen LogP contribution < -0.4 is 10.6 Å². The summed E-state index contributed by atoms with van der Waals surface area (Å²) in [5.41, 5.74) is 7.41. The van der Waals surface area contributed by atoms with Crippen molar-refractivity contribution in [2.24, 2.45) is 0 Å². The highest BCUT2D eigenvalue weighted by atomic mass is 16.1. The molecule has 0 saturated heterocycles. The zero-order valence-corrected chi connectivity index (χ0v) is 18.9. The van der Waals surface area contributed by atoms with E-state index in [2.05, 4.69) is 56.8 Å². The highest BCUT2D eigenvalue weighted by molar-refractivity contribution is 6.10. The van der Waals surface area contributed by atoms with Gasteiger partial charge in [-0.25, -0.2) is 9.97 Å². The lowest BCUT2D eigenvalue weighted by atomic mass is 10.1. The molecule has 5 aromatic rings. The Morgan fingerprint density at radius 3 is 2.33 bits per heavy atom. The minimum Gasteiger partial charge on any atom is -0.354 e. The average Bonchev–Trinajstić information content (AvgIpc) is 3.16. The maximum absolute atomic E-state index is 12.8. The molecule has 1 amide bonds. The molecule has 6 heteroatoms. The van der Waals surface area contributed by atoms with Crippen molar-refractivity contribution >= 4 is 45.0 Å². The number of nitrogens with one attached hydrogen (secondary N) is 3. The van der Waals surface area contributed by atoms with Crippen LogP contribution in [0.5, 0.6) is 0 Å². The van der Waals surface area contributed by atoms with Gasteiger partial charge in [0.2, 0.25) is 5.95 Å². The van der Waals surface area contributed by atoms with Gasteiger partial charge >= 0.3 is 0 Å². The van der Waals surface area contributed by atoms with Gasteiger partial charge in [-0.15, -0.1) is 0 Å². The van der Waals surface area contributed by atoms with Gasteiger partial charge in [0.1, 0.15) is 0 Å². The number of aromatic nitrogens is 3. The first-order valence-corrected chi connectivity index (χ1v) is 11.0. The third-order valence-corrected chi connectivity index (χ3v) is 5.74. The van der Waals surface area contributed by atoms with Crippen molar-refractivity contribution < 1.29 is 4.79 Å². The molecule has 0 spiro atoms. The predicted octanol–water partition coefficient (Wildman–Crippen LogP) is 6.29. The van der Waals surface area contributed by atoms with Crippen molar-refractivity contribution in [2.75, 3.05) is 10.6 Å². The third kappa shape index (κ3) is 4.15. The number of carbonyl (C=O) groups is 1. The van der Waals surface area contributed by atoms with Gasteiger partial charge in [0.25, 0.3) is 5.91 Å². The molecule has 3 N–H and O–H groups in total. The summed E-state index contributed by atoms with van der Waals surface area (Å²) >= 11 is 0. The van der Waals surface area contributed by atoms with E-state index in [0.29, 0.717) is 11.5 Å². The first kappa shape index (κ1) is 20.7. The number of H-pyrrole nitrogens is 1. The second-order valence-electron chi connectivity index (χ2n) is 8.21. The first-order valence-electron chi connectivity index (χ1n) is 11.0. The number of aryl methyl sites for hydroxylation is 3. The number of benzene rings is 3. The Hall–Kier alpha value is -4.19. The van der Waals surface area contributed by atoms with Crippen molar-refractivity contribution in [3.63, 3.8) is 0 Å². The van der Waals surface area contributed by atoms with Gasteiger partial charge < -0.3 is 15.6 Å². The summed E-state index contributed by atoms with van der Waals surface area (Å²) in [6.45, 7) is 6.02. The van der Waals surface area contributed by atoms with Crippen LogP contribution in [0.25, 0.3) is 21.8 Å². The number of hydrogen-bond donors (Lipinski definition) is 3. The van der Waals surface area contributed by atoms with Crippen LogP contribution in [0.3, 0.4) is 0 Å². The van der Waals surface area contributed by atoms with Gasteiger partial charge in [-0.1, -0.05) is 31.2 Å². The Morgan fingerprint density at radius 1 is 0.879 bits per heavy atom. The molecule has 0 fully saturated rings. The zero-order chi connectivity index (χ0) is 22.9. The lowest BCUT2D eigenvalue weighted by molar-refractivity contribution is 0.102. The van der Waals surface area contributed by atoms with Crippen molar-refractivity contribution in [3.05, 3.63) is 89.2 Å². The molecule has 0 aliphatic rings. The molecule has 6 nitrogen and oxygen atoms in total. The Bertz CT molecular complexity index is 1460. The summed E-state index contributed by atoms with van der Waals surface area (Å²) in [6.07, 6.45) is 0.966. The van der Waals surface area contributed by atoms with E-state index in [4.69, 9.17) is 0 Å². The molecule has 2 heterocycles. The Labute approximate surface area is 192 Å². The van der Waals surface area contributed by atoms with E-state index in [1.165, 1.54) is 10.9 Å². The number of aromatic amines is 1. The van der Waals surface area contributed by atoms with Gasteiger partial charge in [0.05, 0.1) is 0 Å². The maximum Gasteiger partial charge on any atom is 0.255 e. The van der Waals surface area contributed by atoms with E-state index in [0.717, 1.165) is 45.6 Å². The van der Waals surface area contributed by atoms with E-state index < -0.39 is 0 Å². The molecule has 0 bridgehead atoms. The normalized spacial score (nSPS) is 11.1. The number of anilines is 3. The monoisotopic (exact) mass is 435 g/mol. The van der Waals surface area contributed by atoms with E-state index in [1.54, 1.807) is 12.1 Å². The minimum absolute atomic E-state index is 0.158. The minimum atomic E-state index is -0.158. The molecular weight excluding hydrogens is 410 g/mol. The number of nitrogens with zero attached hydrogens (tertiary/aromatic N) is 2. The number of para-hydroxylation sites is 1. The van der Waals surface area contributed by atoms with Gasteiger partial charge in [-0.05, 0) is 68.3 Å². The Morgan fingerprint density at radius 2 is 1.61 bits per heavy atom. The maximum atomic E-state index is 12.8. The lowest BCUT2D eigenvalue weighted by Gasteiger charge is -2.08. The highest BCUT2D eigenvalue weighted by Gasteiger charge is 2.11. The van der Waals surface area contributed by atoms with Crippen LogP contribution >= 0.6 is 0 Å². The van der Waals surface area contributed by atoms with Crippen LogP contribution in [0, 0.1) is 13.8 Å². The fourth-order valence-electron chi connectivity index (χ4n) is 4.18. The van der Waals surface area contributed by atoms with Crippen molar-refractivity contribution in [2.45, 2.75) is 27.2 Å². The fourth-order valence-corrected chi connectivity index (χ4v) is 4.18. The van der Waals surface area contributed by atoms with Crippen molar-refractivity contribution in [3.8, 4) is 0 Å². The Kier molecular flexibility index (Phi) is 5.26. The number of amides is 1. The molecule has 0 radical (unpaired) electrons. The first-order chi connectivity index (χ1) is 16.0. The zero-order valence-electron chi connectivity index (χ0n) is 18.9. The lowest BCUT2D eigenvalue weighted by Crippen LogP contribution is -2.11. The summed E-state index contributed by atoms with van der Waals surface area (Å²) in [4.78, 5) is 25.1. The molecular formula is C27H25N5O. The van der Waals surface area contributed by atoms with E-state index >= 15 is 0 Å². The molecule has 0 unspecified atom stereocenters. The van der Waals surface area contributed by atoms with E-state index in [1.807, 2.05) is 44.2 Å². The molecule has 164 valence electrons. The highest BCUT2D eigenvalue weighted by Crippen LogP contribution is 2.30. The second kappa shape index (κ2) is 8.39. The van der Waals surface area contributed by atoms with Crippen LogP contribution in [0.15, 0.2) is 66.7 Å². The van der Waals surface area contributed by atoms with Crippen molar-refractivity contribution in [1.29, 1.82) is 0 Å². The molecule has 33 heavy (non-hydrogen) atoms. The largest absolute Gasteiger partial charge is 0.354 e. The number of fused-ring (bicyclic) bond motifs is 3. The SMILES string of the molecule is CCc1cccc2c1[nH]c1cc(NC(=O)c3ccc(Nc4nc(C)cc(C)n4)cc3)ccc12. The number of carbonyl (C=O) groups excluding carboxylic acids is 1. The summed E-state index contributed by atoms with van der Waals surface area (Å²) in [7, 11) is 0. The third-order valence-electron chi connectivity index (χ3n) is 5.74. The molecule has 0 saturated carbocycles. The standard InChI is InChI=1S/C27H25N5O/c1-4-18-6-5-7-23-22-13-12-21(15-24(22)32-25(18)23)30-26(33)19-8-10-20(11-9-19)31-27-28-16(2)14-17(3)29-27/h5-15,32H,4H2,1-3H3,(H,30,33)(H,28,29,31). The van der Waals surface area contributed by atoms with Gasteiger partial charge in [-0.2, -0.15) is 0 Å². The summed E-state index contributed by atoms with van der Waals surface area (Å²) < 4.78 is 0. The van der Waals surface area contributed by atoms with E-state index in [9.17, 15) is 4.79 Å². The van der Waals surface area contributed by atoms with Crippen LogP contribution in [-0.2, 0) is 6.42 Å². The quantitative estimate of drug-likeness (QED) is 0.303. The average molecular weight is 436 g/mol. The van der Waals surface area contributed by atoms with Crippen LogP contribution in [0.4, 0.5) is 17.3 Å². The van der Waals surface area contributed by atoms with Gasteiger partial charge in [0.15, 0.2) is 0 Å². The van der Waals surface area contributed by atoms with Crippen LogP contribution in [-0.4, -0.2) is 20.9 Å². The van der Waals surface area contributed by atoms with Crippen LogP contribution in [0.1, 0.15) is 34.2 Å². The summed E-state index contributed by atoms with van der Waals surface area (Å²) in [5, 5.41) is 8.55. The molecule has 0 aliphatic heterocycles.